The van der Waals surface area contributed by atoms with Gasteiger partial charge in [0, 0.05) is 12.1 Å². The van der Waals surface area contributed by atoms with E-state index in [1.807, 2.05) is 30.3 Å². The van der Waals surface area contributed by atoms with E-state index in [0.29, 0.717) is 32.0 Å². The summed E-state index contributed by atoms with van der Waals surface area (Å²) in [4.78, 5) is 25.6. The fraction of sp³-hybridized carbons (Fsp3) is 0.0476. The number of carbonyl (C=O) groups excluding carboxylic acids is 1. The summed E-state index contributed by atoms with van der Waals surface area (Å²) < 4.78 is 6.22. The molecule has 4 rings (SSSR count). The summed E-state index contributed by atoms with van der Waals surface area (Å²) in [6.07, 6.45) is 1.60. The molecule has 1 aromatic heterocycles. The molecule has 1 fully saturated rings. The van der Waals surface area contributed by atoms with Crippen LogP contribution < -0.4 is 4.90 Å². The summed E-state index contributed by atoms with van der Waals surface area (Å²) in [7, 11) is 0. The summed E-state index contributed by atoms with van der Waals surface area (Å²) in [6, 6.07) is 17.4. The molecule has 3 aromatic rings. The smallest absolute Gasteiger partial charge is 0.280 e. The molecule has 1 aliphatic heterocycles. The van der Waals surface area contributed by atoms with Gasteiger partial charge in [-0.05, 0) is 42.8 Å². The van der Waals surface area contributed by atoms with E-state index in [4.69, 9.17) is 16.6 Å². The van der Waals surface area contributed by atoms with Gasteiger partial charge in [-0.2, -0.15) is 0 Å². The number of carbonyl (C=O) groups is 1. The molecule has 0 atom stereocenters. The molecular weight excluding hydrogens is 408 g/mol. The van der Waals surface area contributed by atoms with Gasteiger partial charge in [0.05, 0.1) is 21.1 Å². The third kappa shape index (κ3) is 3.72. The number of anilines is 1. The fourth-order valence-corrected chi connectivity index (χ4v) is 4.25. The van der Waals surface area contributed by atoms with Gasteiger partial charge in [-0.3, -0.25) is 19.8 Å². The maximum Gasteiger partial charge on any atom is 0.280 e. The maximum absolute atomic E-state index is 12.8. The third-order valence-electron chi connectivity index (χ3n) is 4.32. The Labute approximate surface area is 176 Å². The van der Waals surface area contributed by atoms with E-state index in [1.165, 1.54) is 22.7 Å². The topological polar surface area (TPSA) is 76.6 Å². The standard InChI is InChI=1S/C21H14N2O4S2/c1-13-7-9-16(17(11-13)23(25)26)18-10-8-15(27-18)12-19-20(24)22(21(28)29-19)14-5-3-2-4-6-14/h2-12H,1H3/b19-12+. The molecule has 1 aliphatic rings. The molecule has 0 spiro atoms. The third-order valence-corrected chi connectivity index (χ3v) is 5.63. The van der Waals surface area contributed by atoms with Crippen LogP contribution in [-0.2, 0) is 4.79 Å². The number of nitro benzene ring substituents is 1. The number of benzene rings is 2. The Hall–Kier alpha value is -3.23. The zero-order chi connectivity index (χ0) is 20.5. The van der Waals surface area contributed by atoms with Gasteiger partial charge in [-0.1, -0.05) is 48.2 Å². The van der Waals surface area contributed by atoms with Gasteiger partial charge in [-0.25, -0.2) is 0 Å². The van der Waals surface area contributed by atoms with Crippen LogP contribution in [0.5, 0.6) is 0 Å². The number of para-hydroxylation sites is 1. The van der Waals surface area contributed by atoms with Crippen LogP contribution in [0.15, 0.2) is 70.0 Å². The first kappa shape index (κ1) is 19.1. The van der Waals surface area contributed by atoms with Crippen molar-refractivity contribution in [2.75, 3.05) is 4.90 Å². The Morgan fingerprint density at radius 1 is 1.14 bits per heavy atom. The summed E-state index contributed by atoms with van der Waals surface area (Å²) in [5.41, 5.74) is 1.85. The van der Waals surface area contributed by atoms with Gasteiger partial charge in [-0.15, -0.1) is 0 Å². The lowest BCUT2D eigenvalue weighted by molar-refractivity contribution is -0.384. The molecule has 6 nitrogen and oxygen atoms in total. The Morgan fingerprint density at radius 2 is 1.90 bits per heavy atom. The average Bonchev–Trinajstić information content (AvgIpc) is 3.27. The molecule has 0 unspecified atom stereocenters. The lowest BCUT2D eigenvalue weighted by Crippen LogP contribution is -2.27. The SMILES string of the molecule is Cc1ccc(-c2ccc(/C=C3/SC(=S)N(c4ccccc4)C3=O)o2)c([N+](=O)[O-])c1. The molecule has 8 heteroatoms. The highest BCUT2D eigenvalue weighted by molar-refractivity contribution is 8.27. The number of nitrogens with zero attached hydrogens (tertiary/aromatic N) is 2. The monoisotopic (exact) mass is 422 g/mol. The van der Waals surface area contributed by atoms with E-state index in [9.17, 15) is 14.9 Å². The molecule has 0 saturated carbocycles. The molecule has 0 N–H and O–H groups in total. The van der Waals surface area contributed by atoms with Crippen LogP contribution in [0.3, 0.4) is 0 Å². The molecule has 29 heavy (non-hydrogen) atoms. The second-order valence-corrected chi connectivity index (χ2v) is 8.01. The van der Waals surface area contributed by atoms with E-state index in [2.05, 4.69) is 0 Å². The van der Waals surface area contributed by atoms with Gasteiger partial charge in [0.1, 0.15) is 11.5 Å². The van der Waals surface area contributed by atoms with E-state index in [1.54, 1.807) is 37.3 Å². The van der Waals surface area contributed by atoms with Gasteiger partial charge in [0.2, 0.25) is 0 Å². The number of aryl methyl sites for hydroxylation is 1. The van der Waals surface area contributed by atoms with Crippen LogP contribution in [0.4, 0.5) is 11.4 Å². The van der Waals surface area contributed by atoms with Crippen LogP contribution in [0.2, 0.25) is 0 Å². The van der Waals surface area contributed by atoms with E-state index < -0.39 is 4.92 Å². The minimum absolute atomic E-state index is 0.0266. The summed E-state index contributed by atoms with van der Waals surface area (Å²) in [5.74, 6) is 0.551. The molecule has 1 amide bonds. The van der Waals surface area contributed by atoms with Crippen LogP contribution >= 0.6 is 24.0 Å². The van der Waals surface area contributed by atoms with Gasteiger partial charge in [0.15, 0.2) is 4.32 Å². The zero-order valence-electron chi connectivity index (χ0n) is 15.2. The molecule has 0 radical (unpaired) electrons. The highest BCUT2D eigenvalue weighted by Gasteiger charge is 2.33. The molecule has 0 bridgehead atoms. The quantitative estimate of drug-likeness (QED) is 0.237. The van der Waals surface area contributed by atoms with Crippen molar-refractivity contribution in [3.8, 4) is 11.3 Å². The molecule has 2 aromatic carbocycles. The lowest BCUT2D eigenvalue weighted by atomic mass is 10.1. The first-order valence-corrected chi connectivity index (χ1v) is 9.85. The van der Waals surface area contributed by atoms with Crippen molar-refractivity contribution in [1.29, 1.82) is 0 Å². The predicted molar refractivity (Wildman–Crippen MR) is 118 cm³/mol. The van der Waals surface area contributed by atoms with Crippen LogP contribution in [0.1, 0.15) is 11.3 Å². The van der Waals surface area contributed by atoms with Gasteiger partial charge < -0.3 is 4.42 Å². The zero-order valence-corrected chi connectivity index (χ0v) is 16.8. The second kappa shape index (κ2) is 7.65. The number of thiocarbonyl (C=S) groups is 1. The van der Waals surface area contributed by atoms with Crippen LogP contribution in [0, 0.1) is 17.0 Å². The molecule has 2 heterocycles. The number of thioether (sulfide) groups is 1. The average molecular weight is 422 g/mol. The number of amides is 1. The molecular formula is C21H14N2O4S2. The fourth-order valence-electron chi connectivity index (χ4n) is 2.97. The number of hydrogen-bond acceptors (Lipinski definition) is 6. The number of rotatable bonds is 4. The van der Waals surface area contributed by atoms with E-state index in [0.717, 1.165) is 5.56 Å². The Balaban J connectivity index is 1.65. The first-order chi connectivity index (χ1) is 13.9. The van der Waals surface area contributed by atoms with Crippen LogP contribution in [-0.4, -0.2) is 15.2 Å². The summed E-state index contributed by atoms with van der Waals surface area (Å²) >= 11 is 6.54. The van der Waals surface area contributed by atoms with Crippen molar-refractivity contribution in [2.45, 2.75) is 6.92 Å². The summed E-state index contributed by atoms with van der Waals surface area (Å²) in [5, 5.41) is 11.4. The van der Waals surface area contributed by atoms with Crippen molar-refractivity contribution in [3.05, 3.63) is 87.0 Å². The number of furan rings is 1. The minimum Gasteiger partial charge on any atom is -0.456 e. The molecule has 0 aliphatic carbocycles. The highest BCUT2D eigenvalue weighted by Crippen LogP contribution is 2.37. The minimum atomic E-state index is -0.435. The first-order valence-electron chi connectivity index (χ1n) is 8.62. The number of hydrogen-bond donors (Lipinski definition) is 0. The summed E-state index contributed by atoms with van der Waals surface area (Å²) in [6.45, 7) is 1.79. The van der Waals surface area contributed by atoms with Crippen LogP contribution in [0.25, 0.3) is 17.4 Å². The lowest BCUT2D eigenvalue weighted by Gasteiger charge is -2.13. The largest absolute Gasteiger partial charge is 0.456 e. The Bertz CT molecular complexity index is 1170. The van der Waals surface area contributed by atoms with Crippen molar-refractivity contribution in [3.63, 3.8) is 0 Å². The van der Waals surface area contributed by atoms with Crippen molar-refractivity contribution in [1.82, 2.24) is 0 Å². The van der Waals surface area contributed by atoms with Crippen molar-refractivity contribution >= 4 is 51.7 Å². The van der Waals surface area contributed by atoms with Gasteiger partial charge in [0.25, 0.3) is 11.6 Å². The highest BCUT2D eigenvalue weighted by atomic mass is 32.2. The van der Waals surface area contributed by atoms with Crippen molar-refractivity contribution in [2.24, 2.45) is 0 Å². The maximum atomic E-state index is 12.8. The predicted octanol–water partition coefficient (Wildman–Crippen LogP) is 5.57. The Morgan fingerprint density at radius 3 is 2.62 bits per heavy atom. The van der Waals surface area contributed by atoms with E-state index in [-0.39, 0.29) is 11.6 Å². The molecule has 144 valence electrons. The normalized spacial score (nSPS) is 15.3. The van der Waals surface area contributed by atoms with Gasteiger partial charge >= 0.3 is 0 Å². The second-order valence-electron chi connectivity index (χ2n) is 6.33. The molecule has 1 saturated heterocycles. The Kier molecular flexibility index (Phi) is 5.04. The van der Waals surface area contributed by atoms with Crippen molar-refractivity contribution < 1.29 is 14.1 Å². The number of nitro groups is 1. The van der Waals surface area contributed by atoms with E-state index >= 15 is 0 Å².